The molecule has 120 valence electrons. The van der Waals surface area contributed by atoms with Crippen LogP contribution in [0.3, 0.4) is 0 Å². The fraction of sp³-hybridized carbons (Fsp3) is 0.167. The van der Waals surface area contributed by atoms with E-state index in [-0.39, 0.29) is 11.9 Å². The zero-order chi connectivity index (χ0) is 16.7. The van der Waals surface area contributed by atoms with Crippen LogP contribution in [0.4, 0.5) is 0 Å². The molecule has 0 bridgehead atoms. The molecule has 4 nitrogen and oxygen atoms in total. The summed E-state index contributed by atoms with van der Waals surface area (Å²) >= 11 is 6.53. The second-order valence-electron chi connectivity index (χ2n) is 5.80. The van der Waals surface area contributed by atoms with E-state index in [2.05, 4.69) is 10.3 Å². The molecule has 24 heavy (non-hydrogen) atoms. The van der Waals surface area contributed by atoms with E-state index < -0.39 is 0 Å². The number of halogens is 1. The smallest absolute Gasteiger partial charge is 0.270 e. The number of benzene rings is 1. The number of nitrogens with zero attached hydrogens (tertiary/aromatic N) is 1. The Morgan fingerprint density at radius 3 is 2.58 bits per heavy atom. The van der Waals surface area contributed by atoms with Crippen molar-refractivity contribution in [2.45, 2.75) is 18.9 Å². The summed E-state index contributed by atoms with van der Waals surface area (Å²) in [6, 6.07) is 9.74. The third-order valence-electron chi connectivity index (χ3n) is 4.08. The van der Waals surface area contributed by atoms with Gasteiger partial charge in [-0.1, -0.05) is 41.9 Å². The van der Waals surface area contributed by atoms with E-state index in [4.69, 9.17) is 11.6 Å². The lowest BCUT2D eigenvalue weighted by atomic mass is 9.92. The van der Waals surface area contributed by atoms with Crippen LogP contribution in [0.5, 0.6) is 0 Å². The summed E-state index contributed by atoms with van der Waals surface area (Å²) in [7, 11) is 0. The third-order valence-corrected chi connectivity index (χ3v) is 5.10. The van der Waals surface area contributed by atoms with Crippen molar-refractivity contribution in [1.82, 2.24) is 5.32 Å². The van der Waals surface area contributed by atoms with Crippen molar-refractivity contribution >= 4 is 44.9 Å². The number of rotatable bonds is 3. The van der Waals surface area contributed by atoms with Crippen LogP contribution < -0.4 is 5.32 Å². The summed E-state index contributed by atoms with van der Waals surface area (Å²) in [6.07, 6.45) is 5.40. The van der Waals surface area contributed by atoms with Crippen LogP contribution in [0.15, 0.2) is 63.8 Å². The van der Waals surface area contributed by atoms with Gasteiger partial charge in [-0.2, -0.15) is 0 Å². The number of hydrogen-bond acceptors (Lipinski definition) is 3. The molecule has 0 aromatic heterocycles. The zero-order valence-corrected chi connectivity index (χ0v) is 14.2. The van der Waals surface area contributed by atoms with Gasteiger partial charge in [0.05, 0.1) is 26.8 Å². The van der Waals surface area contributed by atoms with Crippen LogP contribution in [0.2, 0.25) is 0 Å². The van der Waals surface area contributed by atoms with Crippen molar-refractivity contribution in [2.24, 2.45) is 4.99 Å². The molecule has 0 spiro atoms. The van der Waals surface area contributed by atoms with Gasteiger partial charge in [-0.3, -0.25) is 4.79 Å². The molecular weight excluding hydrogens is 344 g/mol. The number of aliphatic imine (C=N–C) groups is 1. The Morgan fingerprint density at radius 1 is 1.17 bits per heavy atom. The van der Waals surface area contributed by atoms with Crippen LogP contribution in [-0.2, 0) is 16.1 Å². The Kier molecular flexibility index (Phi) is 3.82. The Morgan fingerprint density at radius 2 is 1.92 bits per heavy atom. The van der Waals surface area contributed by atoms with Crippen molar-refractivity contribution in [3.63, 3.8) is 0 Å². The van der Waals surface area contributed by atoms with Crippen molar-refractivity contribution in [2.75, 3.05) is 0 Å². The van der Waals surface area contributed by atoms with E-state index in [0.717, 1.165) is 18.4 Å². The Labute approximate surface area is 147 Å². The van der Waals surface area contributed by atoms with Crippen LogP contribution in [0.25, 0.3) is 5.57 Å². The standard InChI is InChI=1S/C18H13ClN2O2S/c19-12-8-9-13-15(17(12)24-23)14(10-4-2-1-3-5-10)16(21-13)18(22)20-11-6-7-11/h1-5,8-9,11H,6-7H2,(H,20,22). The normalized spacial score (nSPS) is 19.4. The molecule has 0 unspecified atom stereocenters. The lowest BCUT2D eigenvalue weighted by molar-refractivity contribution is -0.114. The lowest BCUT2D eigenvalue weighted by Gasteiger charge is -2.13. The Bertz CT molecular complexity index is 918. The van der Waals surface area contributed by atoms with Gasteiger partial charge in [0.25, 0.3) is 5.91 Å². The predicted octanol–water partition coefficient (Wildman–Crippen LogP) is 2.58. The fourth-order valence-corrected chi connectivity index (χ4v) is 3.48. The number of allylic oxidation sites excluding steroid dienone is 4. The first-order chi connectivity index (χ1) is 11.7. The highest BCUT2D eigenvalue weighted by Crippen LogP contribution is 2.38. The molecule has 1 aromatic carbocycles. The van der Waals surface area contributed by atoms with E-state index in [0.29, 0.717) is 43.7 Å². The van der Waals surface area contributed by atoms with Crippen molar-refractivity contribution in [3.8, 4) is 0 Å². The summed E-state index contributed by atoms with van der Waals surface area (Å²) < 4.78 is 11.6. The second-order valence-corrected chi connectivity index (χ2v) is 6.79. The van der Waals surface area contributed by atoms with Gasteiger partial charge in [-0.25, -0.2) is 9.20 Å². The maximum Gasteiger partial charge on any atom is 0.270 e. The fourth-order valence-electron chi connectivity index (χ4n) is 2.79. The minimum absolute atomic E-state index is 0.203. The Hall–Kier alpha value is -2.24. The van der Waals surface area contributed by atoms with Gasteiger partial charge in [0.15, 0.2) is 0 Å². The number of nitrogens with one attached hydrogen (secondary N) is 1. The molecule has 0 radical (unpaired) electrons. The average molecular weight is 357 g/mol. The molecule has 1 fully saturated rings. The molecule has 1 saturated carbocycles. The quantitative estimate of drug-likeness (QED) is 0.846. The minimum atomic E-state index is -0.203. The van der Waals surface area contributed by atoms with Crippen molar-refractivity contribution in [3.05, 3.63) is 64.3 Å². The first kappa shape index (κ1) is 15.3. The van der Waals surface area contributed by atoms with Crippen LogP contribution >= 0.6 is 11.6 Å². The summed E-state index contributed by atoms with van der Waals surface area (Å²) in [5.74, 6) is -0.203. The molecule has 2 aliphatic carbocycles. The molecule has 1 N–H and O–H groups in total. The number of amides is 1. The predicted molar refractivity (Wildman–Crippen MR) is 97.1 cm³/mol. The van der Waals surface area contributed by atoms with E-state index in [1.807, 2.05) is 30.3 Å². The van der Waals surface area contributed by atoms with Gasteiger partial charge in [0.2, 0.25) is 0 Å². The average Bonchev–Trinajstić information content (AvgIpc) is 3.32. The number of carbonyl (C=O) groups excluding carboxylic acids is 1. The first-order valence-electron chi connectivity index (χ1n) is 7.64. The maximum atomic E-state index is 12.7. The zero-order valence-electron chi connectivity index (χ0n) is 12.6. The molecule has 0 atom stereocenters. The topological polar surface area (TPSA) is 58.5 Å². The molecule has 1 aliphatic heterocycles. The maximum absolute atomic E-state index is 12.7. The van der Waals surface area contributed by atoms with Gasteiger partial charge in [0, 0.05) is 17.2 Å². The molecular formula is C18H13ClN2O2S. The lowest BCUT2D eigenvalue weighted by Crippen LogP contribution is -2.32. The molecule has 4 rings (SSSR count). The van der Waals surface area contributed by atoms with E-state index in [1.165, 1.54) is 0 Å². The SMILES string of the molecule is O=S=C1C(Cl)=CC=C2N=C(C(=O)NC3CC3)C(c3ccccc3)=C21. The summed E-state index contributed by atoms with van der Waals surface area (Å²) in [4.78, 5) is 17.6. The van der Waals surface area contributed by atoms with Crippen molar-refractivity contribution < 1.29 is 9.00 Å². The van der Waals surface area contributed by atoms with Crippen molar-refractivity contribution in [1.29, 1.82) is 0 Å². The summed E-state index contributed by atoms with van der Waals surface area (Å²) in [5, 5.41) is 3.35. The number of fused-ring (bicyclic) bond motifs is 1. The second kappa shape index (κ2) is 6.00. The van der Waals surface area contributed by atoms with Gasteiger partial charge in [-0.15, -0.1) is 0 Å². The van der Waals surface area contributed by atoms with E-state index in [9.17, 15) is 9.00 Å². The van der Waals surface area contributed by atoms with E-state index in [1.54, 1.807) is 12.2 Å². The summed E-state index contributed by atoms with van der Waals surface area (Å²) in [5.41, 5.74) is 3.12. The number of carbonyl (C=O) groups is 1. The molecule has 6 heteroatoms. The van der Waals surface area contributed by atoms with Crippen LogP contribution in [0.1, 0.15) is 18.4 Å². The highest BCUT2D eigenvalue weighted by atomic mass is 35.5. The van der Waals surface area contributed by atoms with Crippen LogP contribution in [-0.4, -0.2) is 26.7 Å². The molecule has 1 aromatic rings. The molecule has 1 amide bonds. The largest absolute Gasteiger partial charge is 0.348 e. The van der Waals surface area contributed by atoms with E-state index >= 15 is 0 Å². The Balaban J connectivity index is 1.89. The first-order valence-corrected chi connectivity index (χ1v) is 8.76. The monoisotopic (exact) mass is 356 g/mol. The molecule has 3 aliphatic rings. The third kappa shape index (κ3) is 2.60. The minimum Gasteiger partial charge on any atom is -0.348 e. The molecule has 1 heterocycles. The van der Waals surface area contributed by atoms with Gasteiger partial charge >= 0.3 is 0 Å². The van der Waals surface area contributed by atoms with Gasteiger partial charge in [0.1, 0.15) is 5.71 Å². The van der Waals surface area contributed by atoms with Gasteiger partial charge in [-0.05, 0) is 30.6 Å². The summed E-state index contributed by atoms with van der Waals surface area (Å²) in [6.45, 7) is 0. The van der Waals surface area contributed by atoms with Gasteiger partial charge < -0.3 is 5.32 Å². The van der Waals surface area contributed by atoms with Crippen LogP contribution in [0, 0.1) is 0 Å². The molecule has 0 saturated heterocycles. The highest BCUT2D eigenvalue weighted by Gasteiger charge is 2.35. The number of hydrogen-bond donors (Lipinski definition) is 1. The highest BCUT2D eigenvalue weighted by molar-refractivity contribution is 7.68.